The van der Waals surface area contributed by atoms with Crippen molar-refractivity contribution in [2.45, 2.75) is 51.6 Å². The summed E-state index contributed by atoms with van der Waals surface area (Å²) >= 11 is 5.60. The maximum Gasteiger partial charge on any atom is 0.0634 e. The molecule has 0 radical (unpaired) electrons. The summed E-state index contributed by atoms with van der Waals surface area (Å²) in [6, 6.07) is 0. The minimum absolute atomic E-state index is 0.00558. The van der Waals surface area contributed by atoms with Crippen LogP contribution in [0, 0.1) is 0 Å². The van der Waals surface area contributed by atoms with Crippen molar-refractivity contribution >= 4 is 11.6 Å². The van der Waals surface area contributed by atoms with Crippen molar-refractivity contribution in [3.8, 4) is 0 Å². The van der Waals surface area contributed by atoms with Crippen LogP contribution in [0.5, 0.6) is 0 Å². The minimum atomic E-state index is 0.00558. The van der Waals surface area contributed by atoms with E-state index >= 15 is 0 Å². The first-order chi connectivity index (χ1) is 7.12. The predicted octanol–water partition coefficient (Wildman–Crippen LogP) is 3.19. The van der Waals surface area contributed by atoms with Gasteiger partial charge < -0.3 is 10.1 Å². The lowest BCUT2D eigenvalue weighted by molar-refractivity contribution is 0.0159. The lowest BCUT2D eigenvalue weighted by atomic mass is 10.1. The molecule has 0 aromatic heterocycles. The van der Waals surface area contributed by atoms with Crippen molar-refractivity contribution in [1.82, 2.24) is 5.32 Å². The monoisotopic (exact) mass is 235 g/mol. The second-order valence-electron chi connectivity index (χ2n) is 4.57. The summed E-state index contributed by atoms with van der Waals surface area (Å²) < 4.78 is 5.34. The lowest BCUT2D eigenvalue weighted by Crippen LogP contribution is -2.29. The fourth-order valence-corrected chi connectivity index (χ4v) is 1.50. The third-order valence-electron chi connectivity index (χ3n) is 2.69. The number of alkyl halides is 1. The molecule has 0 bridgehead atoms. The number of hydrogen-bond acceptors (Lipinski definition) is 2. The maximum atomic E-state index is 5.60. The molecule has 0 aliphatic carbocycles. The van der Waals surface area contributed by atoms with Gasteiger partial charge in [-0.25, -0.2) is 0 Å². The molecule has 0 amide bonds. The summed E-state index contributed by atoms with van der Waals surface area (Å²) in [6.45, 7) is 6.39. The van der Waals surface area contributed by atoms with Crippen molar-refractivity contribution < 1.29 is 4.74 Å². The van der Waals surface area contributed by atoms with Crippen LogP contribution < -0.4 is 5.32 Å². The fourth-order valence-electron chi connectivity index (χ4n) is 1.31. The molecule has 0 saturated carbocycles. The topological polar surface area (TPSA) is 21.3 Å². The first-order valence-corrected chi connectivity index (χ1v) is 6.47. The Hall–Kier alpha value is 0.210. The Morgan fingerprint density at radius 1 is 1.07 bits per heavy atom. The molecule has 0 aromatic rings. The van der Waals surface area contributed by atoms with E-state index in [9.17, 15) is 0 Å². The van der Waals surface area contributed by atoms with Gasteiger partial charge in [0.1, 0.15) is 0 Å². The van der Waals surface area contributed by atoms with Gasteiger partial charge in [-0.05, 0) is 46.2 Å². The fraction of sp³-hybridized carbons (Fsp3) is 1.00. The Kier molecular flexibility index (Phi) is 9.57. The molecule has 2 nitrogen and oxygen atoms in total. The van der Waals surface area contributed by atoms with Crippen LogP contribution in [-0.2, 0) is 4.74 Å². The Bertz CT molecular complexity index is 140. The number of unbranched alkanes of at least 4 members (excludes halogenated alkanes) is 3. The molecule has 0 spiro atoms. The van der Waals surface area contributed by atoms with E-state index in [0.717, 1.165) is 31.8 Å². The minimum Gasteiger partial charge on any atom is -0.379 e. The van der Waals surface area contributed by atoms with Crippen molar-refractivity contribution in [2.24, 2.45) is 0 Å². The Morgan fingerprint density at radius 3 is 2.33 bits per heavy atom. The van der Waals surface area contributed by atoms with E-state index in [4.69, 9.17) is 16.3 Å². The van der Waals surface area contributed by atoms with E-state index in [0.29, 0.717) is 0 Å². The maximum absolute atomic E-state index is 5.60. The van der Waals surface area contributed by atoms with Gasteiger partial charge >= 0.3 is 0 Å². The average Bonchev–Trinajstić information content (AvgIpc) is 2.22. The molecule has 0 aliphatic rings. The highest BCUT2D eigenvalue weighted by atomic mass is 35.5. The molecule has 0 atom stereocenters. The first-order valence-electron chi connectivity index (χ1n) is 5.94. The highest BCUT2D eigenvalue weighted by Crippen LogP contribution is 2.11. The molecule has 1 N–H and O–H groups in total. The van der Waals surface area contributed by atoms with Gasteiger partial charge in [0, 0.05) is 13.0 Å². The highest BCUT2D eigenvalue weighted by molar-refractivity contribution is 6.17. The van der Waals surface area contributed by atoms with E-state index in [-0.39, 0.29) is 5.60 Å². The van der Waals surface area contributed by atoms with Crippen molar-refractivity contribution in [1.29, 1.82) is 0 Å². The van der Waals surface area contributed by atoms with Gasteiger partial charge in [-0.2, -0.15) is 0 Å². The summed E-state index contributed by atoms with van der Waals surface area (Å²) in [7, 11) is 1.77. The number of ether oxygens (including phenoxy) is 1. The van der Waals surface area contributed by atoms with Crippen LogP contribution in [0.25, 0.3) is 0 Å². The predicted molar refractivity (Wildman–Crippen MR) is 67.8 cm³/mol. The van der Waals surface area contributed by atoms with E-state index in [1.165, 1.54) is 19.3 Å². The van der Waals surface area contributed by atoms with Crippen LogP contribution in [0.3, 0.4) is 0 Å². The molecule has 0 unspecified atom stereocenters. The van der Waals surface area contributed by atoms with Crippen molar-refractivity contribution in [2.75, 3.05) is 26.1 Å². The third-order valence-corrected chi connectivity index (χ3v) is 2.96. The molecule has 0 rings (SSSR count). The van der Waals surface area contributed by atoms with Crippen LogP contribution >= 0.6 is 11.6 Å². The Morgan fingerprint density at radius 2 is 1.73 bits per heavy atom. The van der Waals surface area contributed by atoms with E-state index in [2.05, 4.69) is 19.2 Å². The molecule has 3 heteroatoms. The van der Waals surface area contributed by atoms with E-state index in [1.54, 1.807) is 7.11 Å². The van der Waals surface area contributed by atoms with E-state index < -0.39 is 0 Å². The van der Waals surface area contributed by atoms with Crippen molar-refractivity contribution in [3.05, 3.63) is 0 Å². The van der Waals surface area contributed by atoms with E-state index in [1.807, 2.05) is 0 Å². The standard InChI is InChI=1S/C12H26ClNO/c1-12(2,15-3)8-11-14-10-7-5-4-6-9-13/h14H,4-11H2,1-3H3. The number of halogens is 1. The highest BCUT2D eigenvalue weighted by Gasteiger charge is 2.14. The van der Waals surface area contributed by atoms with Crippen LogP contribution in [0.15, 0.2) is 0 Å². The van der Waals surface area contributed by atoms with Gasteiger partial charge in [0.05, 0.1) is 5.60 Å². The Labute approximate surface area is 99.7 Å². The van der Waals surface area contributed by atoms with Gasteiger partial charge in [-0.1, -0.05) is 12.8 Å². The quantitative estimate of drug-likeness (QED) is 0.464. The van der Waals surface area contributed by atoms with Gasteiger partial charge in [-0.15, -0.1) is 11.6 Å². The zero-order valence-electron chi connectivity index (χ0n) is 10.4. The van der Waals surface area contributed by atoms with Gasteiger partial charge in [0.2, 0.25) is 0 Å². The number of methoxy groups -OCH3 is 1. The second kappa shape index (κ2) is 9.44. The molecule has 0 aliphatic heterocycles. The zero-order chi connectivity index (χ0) is 11.6. The molecule has 92 valence electrons. The molecular weight excluding hydrogens is 210 g/mol. The van der Waals surface area contributed by atoms with Crippen LogP contribution in [0.1, 0.15) is 46.0 Å². The Balaban J connectivity index is 3.11. The number of hydrogen-bond donors (Lipinski definition) is 1. The van der Waals surface area contributed by atoms with Gasteiger partial charge in [0.15, 0.2) is 0 Å². The average molecular weight is 236 g/mol. The smallest absolute Gasteiger partial charge is 0.0634 e. The van der Waals surface area contributed by atoms with Gasteiger partial charge in [0.25, 0.3) is 0 Å². The zero-order valence-corrected chi connectivity index (χ0v) is 11.2. The van der Waals surface area contributed by atoms with Crippen LogP contribution in [0.2, 0.25) is 0 Å². The summed E-state index contributed by atoms with van der Waals surface area (Å²) in [4.78, 5) is 0. The summed E-state index contributed by atoms with van der Waals surface area (Å²) in [6.07, 6.45) is 6.01. The van der Waals surface area contributed by atoms with Gasteiger partial charge in [-0.3, -0.25) is 0 Å². The summed E-state index contributed by atoms with van der Waals surface area (Å²) in [5.41, 5.74) is 0.00558. The molecule has 0 saturated heterocycles. The molecular formula is C12H26ClNO. The lowest BCUT2D eigenvalue weighted by Gasteiger charge is -2.22. The second-order valence-corrected chi connectivity index (χ2v) is 4.94. The SMILES string of the molecule is COC(C)(C)CCNCCCCCCCl. The first kappa shape index (κ1) is 15.2. The summed E-state index contributed by atoms with van der Waals surface area (Å²) in [5.74, 6) is 0.801. The molecule has 0 heterocycles. The normalized spacial score (nSPS) is 12.0. The molecule has 0 aromatic carbocycles. The largest absolute Gasteiger partial charge is 0.379 e. The van der Waals surface area contributed by atoms with Crippen LogP contribution in [-0.4, -0.2) is 31.7 Å². The van der Waals surface area contributed by atoms with Crippen LogP contribution in [0.4, 0.5) is 0 Å². The molecule has 0 fully saturated rings. The third kappa shape index (κ3) is 10.5. The summed E-state index contributed by atoms with van der Waals surface area (Å²) in [5, 5.41) is 3.44. The molecule has 15 heavy (non-hydrogen) atoms. The number of nitrogens with one attached hydrogen (secondary N) is 1. The van der Waals surface area contributed by atoms with Crippen molar-refractivity contribution in [3.63, 3.8) is 0 Å². The number of rotatable bonds is 10.